The van der Waals surface area contributed by atoms with Gasteiger partial charge in [-0.15, -0.1) is 11.8 Å². The molecule has 4 aromatic rings. The van der Waals surface area contributed by atoms with Crippen molar-refractivity contribution >= 4 is 69.7 Å². The van der Waals surface area contributed by atoms with Crippen LogP contribution < -0.4 is 15.4 Å². The summed E-state index contributed by atoms with van der Waals surface area (Å²) in [6.45, 7) is 1.52. The molecule has 0 radical (unpaired) electrons. The molecule has 11 heteroatoms. The quantitative estimate of drug-likeness (QED) is 0.142. The Hall–Kier alpha value is -2.46. The maximum absolute atomic E-state index is 10.2. The number of benzene rings is 2. The van der Waals surface area contributed by atoms with Crippen LogP contribution in [0, 0.1) is 5.92 Å². The molecule has 6 nitrogen and oxygen atoms in total. The summed E-state index contributed by atoms with van der Waals surface area (Å²) in [6.07, 6.45) is 10.4. The number of hydrogen-bond donors (Lipinski definition) is 3. The van der Waals surface area contributed by atoms with Crippen LogP contribution in [-0.4, -0.2) is 41.0 Å². The largest absolute Gasteiger partial charge is 0.480 e. The van der Waals surface area contributed by atoms with Crippen molar-refractivity contribution in [1.82, 2.24) is 10.3 Å². The van der Waals surface area contributed by atoms with Gasteiger partial charge in [0.15, 0.2) is 6.61 Å². The van der Waals surface area contributed by atoms with Gasteiger partial charge in [-0.05, 0) is 90.0 Å². The van der Waals surface area contributed by atoms with Crippen LogP contribution in [0.3, 0.4) is 0 Å². The highest BCUT2D eigenvalue weighted by Crippen LogP contribution is 2.42. The van der Waals surface area contributed by atoms with Crippen molar-refractivity contribution in [2.24, 2.45) is 5.92 Å². The van der Waals surface area contributed by atoms with E-state index in [4.69, 9.17) is 49.6 Å². The Labute approximate surface area is 300 Å². The van der Waals surface area contributed by atoms with E-state index < -0.39 is 12.6 Å². The summed E-state index contributed by atoms with van der Waals surface area (Å²) >= 11 is 21.4. The first-order chi connectivity index (χ1) is 22.8. The highest BCUT2D eigenvalue weighted by Gasteiger charge is 2.40. The summed E-state index contributed by atoms with van der Waals surface area (Å²) in [5, 5.41) is 22.4. The zero-order chi connectivity index (χ0) is 33.1. The Balaban J connectivity index is 0.000000281. The lowest BCUT2D eigenvalue weighted by Gasteiger charge is -2.41. The molecule has 3 heterocycles. The van der Waals surface area contributed by atoms with Crippen LogP contribution in [-0.2, 0) is 10.3 Å². The van der Waals surface area contributed by atoms with Gasteiger partial charge in [0.1, 0.15) is 11.6 Å². The van der Waals surface area contributed by atoms with Gasteiger partial charge in [0.2, 0.25) is 0 Å². The monoisotopic (exact) mass is 731 g/mol. The third kappa shape index (κ3) is 10.3. The van der Waals surface area contributed by atoms with Gasteiger partial charge in [0, 0.05) is 28.3 Å². The number of anilines is 1. The van der Waals surface area contributed by atoms with Crippen LogP contribution in [0.2, 0.25) is 15.1 Å². The number of carboxylic acids is 1. The first-order valence-electron chi connectivity index (χ1n) is 16.0. The summed E-state index contributed by atoms with van der Waals surface area (Å²) in [5.74, 6) is 1.14. The van der Waals surface area contributed by atoms with Crippen molar-refractivity contribution in [3.05, 3.63) is 104 Å². The fraction of sp³-hybridized carbons (Fsp3) is 0.389. The van der Waals surface area contributed by atoms with Gasteiger partial charge in [-0.2, -0.15) is 11.3 Å². The highest BCUT2D eigenvalue weighted by atomic mass is 35.5. The lowest BCUT2D eigenvalue weighted by molar-refractivity contribution is -0.139. The van der Waals surface area contributed by atoms with Gasteiger partial charge in [0.25, 0.3) is 0 Å². The van der Waals surface area contributed by atoms with Crippen LogP contribution in [0.4, 0.5) is 5.82 Å². The molecule has 47 heavy (non-hydrogen) atoms. The molecule has 1 aliphatic heterocycles. The van der Waals surface area contributed by atoms with E-state index in [-0.39, 0.29) is 5.54 Å². The average molecular weight is 733 g/mol. The Kier molecular flexibility index (Phi) is 13.6. The normalized spacial score (nSPS) is 19.8. The van der Waals surface area contributed by atoms with Crippen LogP contribution in [0.25, 0.3) is 0 Å². The Morgan fingerprint density at radius 2 is 1.85 bits per heavy atom. The number of hydrogen-bond acceptors (Lipinski definition) is 7. The predicted octanol–water partition coefficient (Wildman–Crippen LogP) is 10.4. The molecule has 1 saturated carbocycles. The maximum Gasteiger partial charge on any atom is 0.341 e. The lowest BCUT2D eigenvalue weighted by atomic mass is 9.80. The Bertz CT molecular complexity index is 1580. The lowest BCUT2D eigenvalue weighted by Crippen LogP contribution is -2.50. The zero-order valence-corrected chi connectivity index (χ0v) is 30.0. The van der Waals surface area contributed by atoms with E-state index in [9.17, 15) is 4.79 Å². The summed E-state index contributed by atoms with van der Waals surface area (Å²) in [6, 6.07) is 21.5. The minimum absolute atomic E-state index is 0.237. The van der Waals surface area contributed by atoms with Crippen molar-refractivity contribution in [3.8, 4) is 5.75 Å². The second kappa shape index (κ2) is 17.8. The third-order valence-corrected chi connectivity index (χ3v) is 11.6. The summed E-state index contributed by atoms with van der Waals surface area (Å²) < 4.78 is 4.86. The number of thioether (sulfide) groups is 1. The topological polar surface area (TPSA) is 83.5 Å². The number of rotatable bonds is 11. The smallest absolute Gasteiger partial charge is 0.341 e. The van der Waals surface area contributed by atoms with E-state index >= 15 is 0 Å². The van der Waals surface area contributed by atoms with Gasteiger partial charge >= 0.3 is 5.97 Å². The maximum atomic E-state index is 10.2. The molecule has 2 unspecified atom stereocenters. The molecule has 2 aromatic carbocycles. The fourth-order valence-corrected chi connectivity index (χ4v) is 8.74. The minimum atomic E-state index is -1.05. The summed E-state index contributed by atoms with van der Waals surface area (Å²) in [5.41, 5.74) is 2.21. The number of carbonyl (C=O) groups is 1. The van der Waals surface area contributed by atoms with Crippen molar-refractivity contribution < 1.29 is 14.6 Å². The molecule has 0 amide bonds. The molecule has 2 atom stereocenters. The van der Waals surface area contributed by atoms with E-state index in [1.165, 1.54) is 61.1 Å². The van der Waals surface area contributed by atoms with Gasteiger partial charge in [-0.25, -0.2) is 9.78 Å². The summed E-state index contributed by atoms with van der Waals surface area (Å²) in [7, 11) is 0. The van der Waals surface area contributed by atoms with Gasteiger partial charge in [-0.3, -0.25) is 0 Å². The summed E-state index contributed by atoms with van der Waals surface area (Å²) in [4.78, 5) is 16.5. The number of pyridine rings is 1. The fourth-order valence-electron chi connectivity index (χ4n) is 6.18. The zero-order valence-electron chi connectivity index (χ0n) is 26.1. The number of aliphatic carboxylic acids is 1. The second-order valence-corrected chi connectivity index (χ2v) is 15.3. The number of thiophene rings is 1. The van der Waals surface area contributed by atoms with Gasteiger partial charge in [0.05, 0.1) is 21.3 Å². The molecular formula is C36H40Cl3N3O3S2. The number of piperidine rings is 1. The third-order valence-electron chi connectivity index (χ3n) is 8.63. The van der Waals surface area contributed by atoms with Crippen LogP contribution in [0.1, 0.15) is 62.6 Å². The predicted molar refractivity (Wildman–Crippen MR) is 197 cm³/mol. The SMILES string of the molecule is Clc1ccccc1SC1CCC(c2ccsc2)(c2cccc(NCCC3CCCCC3)n2)NC1.O=C(O)COc1ccc(Cl)cc1Cl. The standard InChI is InChI=1S/C28H34ClN3S2.C8H6Cl2O3/c29-24-9-4-5-10-25(24)34-23-13-16-28(31-19-23,22-15-18-33-20-22)26-11-6-12-27(32-26)30-17-14-21-7-2-1-3-8-21;9-5-1-2-7(6(10)3-5)13-4-8(11)12/h4-6,9-12,15,18,20-21,23,31H,1-3,7-8,13-14,16-17,19H2,(H,30,32);1-3H,4H2,(H,11,12). The average Bonchev–Trinajstić information content (AvgIpc) is 3.63. The van der Waals surface area contributed by atoms with Crippen molar-refractivity contribution in [3.63, 3.8) is 0 Å². The van der Waals surface area contributed by atoms with Crippen molar-refractivity contribution in [1.29, 1.82) is 0 Å². The number of nitrogens with zero attached hydrogens (tertiary/aromatic N) is 1. The van der Waals surface area contributed by atoms with Crippen LogP contribution >= 0.6 is 57.9 Å². The van der Waals surface area contributed by atoms with Gasteiger partial charge in [-0.1, -0.05) is 85.1 Å². The molecule has 2 aliphatic rings. The molecule has 250 valence electrons. The molecule has 3 N–H and O–H groups in total. The second-order valence-electron chi connectivity index (χ2n) is 11.9. The van der Waals surface area contributed by atoms with E-state index in [1.54, 1.807) is 17.4 Å². The van der Waals surface area contributed by atoms with E-state index in [1.807, 2.05) is 23.9 Å². The van der Waals surface area contributed by atoms with Crippen molar-refractivity contribution in [2.45, 2.75) is 67.1 Å². The van der Waals surface area contributed by atoms with E-state index in [0.717, 1.165) is 48.4 Å². The molecule has 1 saturated heterocycles. The van der Waals surface area contributed by atoms with Gasteiger partial charge < -0.3 is 20.5 Å². The first-order valence-corrected chi connectivity index (χ1v) is 19.0. The highest BCUT2D eigenvalue weighted by molar-refractivity contribution is 8.00. The van der Waals surface area contributed by atoms with Crippen LogP contribution in [0.5, 0.6) is 5.75 Å². The molecule has 2 aromatic heterocycles. The molecule has 2 fully saturated rings. The molecule has 0 spiro atoms. The van der Waals surface area contributed by atoms with Crippen LogP contribution in [0.15, 0.2) is 82.4 Å². The Morgan fingerprint density at radius 3 is 2.55 bits per heavy atom. The molecule has 1 aliphatic carbocycles. The number of halogens is 3. The number of nitrogens with one attached hydrogen (secondary N) is 2. The van der Waals surface area contributed by atoms with E-state index in [2.05, 4.69) is 57.8 Å². The Morgan fingerprint density at radius 1 is 1.02 bits per heavy atom. The number of aromatic nitrogens is 1. The number of ether oxygens (including phenoxy) is 1. The van der Waals surface area contributed by atoms with E-state index in [0.29, 0.717) is 21.0 Å². The van der Waals surface area contributed by atoms with Crippen molar-refractivity contribution in [2.75, 3.05) is 25.0 Å². The molecular weight excluding hydrogens is 693 g/mol. The number of carboxylic acid groups (broad SMARTS) is 1. The molecule has 0 bridgehead atoms. The minimum Gasteiger partial charge on any atom is -0.480 e. The molecule has 6 rings (SSSR count). The first kappa shape index (κ1) is 35.8.